The van der Waals surface area contributed by atoms with Gasteiger partial charge in [-0.2, -0.15) is 0 Å². The number of hydrogen-bond donors (Lipinski definition) is 2. The maximum Gasteiger partial charge on any atom is 0.120 e. The summed E-state index contributed by atoms with van der Waals surface area (Å²) in [4.78, 5) is 0. The lowest BCUT2D eigenvalue weighted by Gasteiger charge is -2.20. The van der Waals surface area contributed by atoms with Gasteiger partial charge in [-0.3, -0.25) is 0 Å². The van der Waals surface area contributed by atoms with Gasteiger partial charge in [0.15, 0.2) is 0 Å². The van der Waals surface area contributed by atoms with Crippen molar-refractivity contribution in [1.29, 1.82) is 0 Å². The third-order valence-corrected chi connectivity index (χ3v) is 5.20. The number of aliphatic hydroxyl groups excluding tert-OH is 1. The molecule has 3 aromatic rings. The second kappa shape index (κ2) is 8.97. The van der Waals surface area contributed by atoms with E-state index in [1.807, 2.05) is 62.4 Å². The Labute approximate surface area is 175 Å². The molecule has 0 aromatic heterocycles. The van der Waals surface area contributed by atoms with Crippen LogP contribution in [0.2, 0.25) is 10.0 Å². The Bertz CT molecular complexity index is 942. The zero-order valence-corrected chi connectivity index (χ0v) is 17.3. The van der Waals surface area contributed by atoms with Crippen molar-refractivity contribution in [3.8, 4) is 16.9 Å². The molecule has 0 heterocycles. The van der Waals surface area contributed by atoms with Gasteiger partial charge in [0.2, 0.25) is 0 Å². The van der Waals surface area contributed by atoms with E-state index in [9.17, 15) is 5.11 Å². The standard InChI is InChI=1S/C23H23Cl2NO2/c1-14(2)28-19-5-3-4-17(12-19)15-6-8-16(9-7-15)23(27)22(26)18-10-11-20(24)21(25)13-18/h3-14,22-23,27H,26H2,1-2H3/t22-,23+/m0/s1. The molecule has 0 radical (unpaired) electrons. The van der Waals surface area contributed by atoms with E-state index in [-0.39, 0.29) is 6.10 Å². The van der Waals surface area contributed by atoms with E-state index in [2.05, 4.69) is 0 Å². The third-order valence-electron chi connectivity index (χ3n) is 4.46. The normalized spacial score (nSPS) is 13.4. The Balaban J connectivity index is 1.79. The number of ether oxygens (including phenoxy) is 1. The molecule has 0 fully saturated rings. The molecule has 28 heavy (non-hydrogen) atoms. The van der Waals surface area contributed by atoms with E-state index in [1.54, 1.807) is 18.2 Å². The van der Waals surface area contributed by atoms with Crippen LogP contribution in [0, 0.1) is 0 Å². The molecule has 0 amide bonds. The van der Waals surface area contributed by atoms with Crippen LogP contribution in [0.1, 0.15) is 37.1 Å². The Hall–Kier alpha value is -2.04. The molecule has 0 saturated carbocycles. The maximum absolute atomic E-state index is 10.7. The van der Waals surface area contributed by atoms with Crippen molar-refractivity contribution in [3.63, 3.8) is 0 Å². The van der Waals surface area contributed by atoms with Crippen LogP contribution in [-0.4, -0.2) is 11.2 Å². The van der Waals surface area contributed by atoms with Crippen LogP contribution >= 0.6 is 23.2 Å². The molecule has 146 valence electrons. The van der Waals surface area contributed by atoms with Crippen molar-refractivity contribution in [2.75, 3.05) is 0 Å². The summed E-state index contributed by atoms with van der Waals surface area (Å²) in [5, 5.41) is 11.6. The summed E-state index contributed by atoms with van der Waals surface area (Å²) in [5.41, 5.74) is 9.78. The third kappa shape index (κ3) is 4.86. The van der Waals surface area contributed by atoms with Gasteiger partial charge in [-0.1, -0.05) is 65.7 Å². The molecule has 3 nitrogen and oxygen atoms in total. The van der Waals surface area contributed by atoms with Gasteiger partial charge in [0.05, 0.1) is 28.3 Å². The Kier molecular flexibility index (Phi) is 6.63. The second-order valence-electron chi connectivity index (χ2n) is 6.96. The highest BCUT2D eigenvalue weighted by molar-refractivity contribution is 6.42. The van der Waals surface area contributed by atoms with E-state index < -0.39 is 12.1 Å². The maximum atomic E-state index is 10.7. The van der Waals surface area contributed by atoms with Crippen LogP contribution in [0.15, 0.2) is 66.7 Å². The van der Waals surface area contributed by atoms with Gasteiger partial charge in [0, 0.05) is 0 Å². The zero-order valence-electron chi connectivity index (χ0n) is 15.8. The molecule has 0 aliphatic heterocycles. The molecule has 0 unspecified atom stereocenters. The first-order chi connectivity index (χ1) is 13.3. The summed E-state index contributed by atoms with van der Waals surface area (Å²) < 4.78 is 5.76. The highest BCUT2D eigenvalue weighted by Gasteiger charge is 2.19. The van der Waals surface area contributed by atoms with Crippen LogP contribution < -0.4 is 10.5 Å². The van der Waals surface area contributed by atoms with Gasteiger partial charge in [-0.05, 0) is 60.4 Å². The molecule has 3 rings (SSSR count). The topological polar surface area (TPSA) is 55.5 Å². The van der Waals surface area contributed by atoms with Gasteiger partial charge in [-0.25, -0.2) is 0 Å². The molecule has 2 atom stereocenters. The Morgan fingerprint density at radius 2 is 1.50 bits per heavy atom. The van der Waals surface area contributed by atoms with Gasteiger partial charge in [0.25, 0.3) is 0 Å². The van der Waals surface area contributed by atoms with Gasteiger partial charge >= 0.3 is 0 Å². The average Bonchev–Trinajstić information content (AvgIpc) is 2.69. The van der Waals surface area contributed by atoms with Crippen molar-refractivity contribution in [2.45, 2.75) is 32.1 Å². The fourth-order valence-corrected chi connectivity index (χ4v) is 3.31. The van der Waals surface area contributed by atoms with E-state index in [4.69, 9.17) is 33.7 Å². The molecule has 3 aromatic carbocycles. The number of hydrogen-bond acceptors (Lipinski definition) is 3. The number of benzene rings is 3. The first-order valence-electron chi connectivity index (χ1n) is 9.11. The molecule has 3 N–H and O–H groups in total. The molecule has 0 saturated heterocycles. The minimum Gasteiger partial charge on any atom is -0.491 e. The molecule has 0 aliphatic rings. The van der Waals surface area contributed by atoms with Crippen molar-refractivity contribution in [3.05, 3.63) is 87.9 Å². The monoisotopic (exact) mass is 415 g/mol. The second-order valence-corrected chi connectivity index (χ2v) is 7.78. The summed E-state index contributed by atoms with van der Waals surface area (Å²) in [6.07, 6.45) is -0.738. The highest BCUT2D eigenvalue weighted by atomic mass is 35.5. The van der Waals surface area contributed by atoms with Crippen LogP contribution in [0.25, 0.3) is 11.1 Å². The molecular formula is C23H23Cl2NO2. The lowest BCUT2D eigenvalue weighted by Crippen LogP contribution is -2.19. The summed E-state index contributed by atoms with van der Waals surface area (Å²) in [6, 6.07) is 20.2. The Morgan fingerprint density at radius 3 is 2.14 bits per heavy atom. The molecule has 5 heteroatoms. The molecule has 0 aliphatic carbocycles. The van der Waals surface area contributed by atoms with E-state index >= 15 is 0 Å². The van der Waals surface area contributed by atoms with Crippen molar-refractivity contribution >= 4 is 23.2 Å². The number of halogens is 2. The summed E-state index contributed by atoms with van der Waals surface area (Å²) in [7, 11) is 0. The first-order valence-corrected chi connectivity index (χ1v) is 9.86. The quantitative estimate of drug-likeness (QED) is 0.505. The van der Waals surface area contributed by atoms with Crippen molar-refractivity contribution in [2.24, 2.45) is 5.73 Å². The smallest absolute Gasteiger partial charge is 0.120 e. The lowest BCUT2D eigenvalue weighted by atomic mass is 9.95. The zero-order chi connectivity index (χ0) is 20.3. The average molecular weight is 416 g/mol. The van der Waals surface area contributed by atoms with E-state index in [0.717, 1.165) is 28.0 Å². The first kappa shape index (κ1) is 20.7. The number of aliphatic hydroxyl groups is 1. The van der Waals surface area contributed by atoms with Gasteiger partial charge in [-0.15, -0.1) is 0 Å². The van der Waals surface area contributed by atoms with E-state index in [1.165, 1.54) is 0 Å². The minimum absolute atomic E-state index is 0.121. The molecule has 0 spiro atoms. The lowest BCUT2D eigenvalue weighted by molar-refractivity contribution is 0.147. The SMILES string of the molecule is CC(C)Oc1cccc(-c2ccc([C@@H](O)[C@@H](N)c3ccc(Cl)c(Cl)c3)cc2)c1. The van der Waals surface area contributed by atoms with Crippen molar-refractivity contribution < 1.29 is 9.84 Å². The van der Waals surface area contributed by atoms with Crippen LogP contribution in [-0.2, 0) is 0 Å². The number of rotatable bonds is 6. The summed E-state index contributed by atoms with van der Waals surface area (Å²) in [5.74, 6) is 0.832. The van der Waals surface area contributed by atoms with Gasteiger partial charge in [0.1, 0.15) is 5.75 Å². The largest absolute Gasteiger partial charge is 0.491 e. The van der Waals surface area contributed by atoms with Crippen molar-refractivity contribution in [1.82, 2.24) is 0 Å². The number of nitrogens with two attached hydrogens (primary N) is 1. The summed E-state index contributed by atoms with van der Waals surface area (Å²) in [6.45, 7) is 4.00. The van der Waals surface area contributed by atoms with Crippen LogP contribution in [0.3, 0.4) is 0 Å². The summed E-state index contributed by atoms with van der Waals surface area (Å²) >= 11 is 12.0. The fraction of sp³-hybridized carbons (Fsp3) is 0.217. The predicted octanol–water partition coefficient (Wildman–Crippen LogP) is 6.18. The molecule has 0 bridgehead atoms. The highest BCUT2D eigenvalue weighted by Crippen LogP contribution is 2.32. The fourth-order valence-electron chi connectivity index (χ4n) is 3.00. The van der Waals surface area contributed by atoms with Gasteiger partial charge < -0.3 is 15.6 Å². The predicted molar refractivity (Wildman–Crippen MR) is 116 cm³/mol. The van der Waals surface area contributed by atoms with E-state index in [0.29, 0.717) is 10.0 Å². The van der Waals surface area contributed by atoms with Crippen LogP contribution in [0.4, 0.5) is 0 Å². The Morgan fingerprint density at radius 1 is 0.821 bits per heavy atom. The molecular weight excluding hydrogens is 393 g/mol. The minimum atomic E-state index is -0.859. The van der Waals surface area contributed by atoms with Crippen LogP contribution in [0.5, 0.6) is 5.75 Å².